The molecule has 9 heteroatoms. The van der Waals surface area contributed by atoms with Gasteiger partial charge in [-0.1, -0.05) is 24.4 Å². The molecule has 2 aromatic carbocycles. The minimum Gasteiger partial charge on any atom is -0.495 e. The van der Waals surface area contributed by atoms with Gasteiger partial charge in [0.2, 0.25) is 11.8 Å². The number of benzene rings is 2. The second kappa shape index (κ2) is 9.79. The first-order valence-corrected chi connectivity index (χ1v) is 11.3. The van der Waals surface area contributed by atoms with E-state index in [4.69, 9.17) is 16.3 Å². The topological polar surface area (TPSA) is 87.7 Å². The second-order valence-corrected chi connectivity index (χ2v) is 8.74. The van der Waals surface area contributed by atoms with Crippen LogP contribution in [-0.4, -0.2) is 47.9 Å². The molecule has 33 heavy (non-hydrogen) atoms. The van der Waals surface area contributed by atoms with Crippen molar-refractivity contribution in [1.82, 2.24) is 10.2 Å². The van der Waals surface area contributed by atoms with Crippen LogP contribution >= 0.6 is 11.6 Å². The summed E-state index contributed by atoms with van der Waals surface area (Å²) >= 11 is 6.04. The fraction of sp³-hybridized carbons (Fsp3) is 0.375. The highest BCUT2D eigenvalue weighted by atomic mass is 35.5. The van der Waals surface area contributed by atoms with E-state index in [0.29, 0.717) is 16.5 Å². The number of amides is 3. The Labute approximate surface area is 196 Å². The highest BCUT2D eigenvalue weighted by molar-refractivity contribution is 6.31. The molecule has 1 aliphatic heterocycles. The average Bonchev–Trinajstić information content (AvgIpc) is 2.80. The lowest BCUT2D eigenvalue weighted by atomic mass is 9.84. The predicted molar refractivity (Wildman–Crippen MR) is 122 cm³/mol. The summed E-state index contributed by atoms with van der Waals surface area (Å²) in [5.41, 5.74) is 0.649. The van der Waals surface area contributed by atoms with Gasteiger partial charge in [0, 0.05) is 16.6 Å². The molecule has 0 bridgehead atoms. The maximum atomic E-state index is 13.5. The Bertz CT molecular complexity index is 1060. The Morgan fingerprint density at radius 3 is 2.64 bits per heavy atom. The summed E-state index contributed by atoms with van der Waals surface area (Å²) in [4.78, 5) is 40.9. The number of carbonyl (C=O) groups is 3. The van der Waals surface area contributed by atoms with Crippen LogP contribution in [0, 0.1) is 5.82 Å². The first kappa shape index (κ1) is 23.0. The number of rotatable bonds is 5. The number of nitrogens with one attached hydrogen (secondary N) is 2. The van der Waals surface area contributed by atoms with Gasteiger partial charge >= 0.3 is 0 Å². The van der Waals surface area contributed by atoms with Crippen LogP contribution in [0.15, 0.2) is 42.5 Å². The molecule has 0 radical (unpaired) electrons. The number of carbonyl (C=O) groups excluding carboxylic acids is 3. The third kappa shape index (κ3) is 4.95. The molecule has 7 nitrogen and oxygen atoms in total. The van der Waals surface area contributed by atoms with Gasteiger partial charge in [0.25, 0.3) is 5.91 Å². The summed E-state index contributed by atoms with van der Waals surface area (Å²) in [6, 6.07) is 8.65. The van der Waals surface area contributed by atoms with E-state index in [9.17, 15) is 18.8 Å². The molecule has 3 atom stereocenters. The van der Waals surface area contributed by atoms with Crippen LogP contribution in [0.25, 0.3) is 0 Å². The third-order valence-electron chi connectivity index (χ3n) is 6.19. The van der Waals surface area contributed by atoms with E-state index in [0.717, 1.165) is 25.7 Å². The second-order valence-electron chi connectivity index (χ2n) is 8.30. The van der Waals surface area contributed by atoms with Gasteiger partial charge in [-0.2, -0.15) is 0 Å². The summed E-state index contributed by atoms with van der Waals surface area (Å²) in [5.74, 6) is -1.25. The summed E-state index contributed by atoms with van der Waals surface area (Å²) in [6.07, 6.45) is 3.13. The normalized spacial score (nSPS) is 22.2. The number of methoxy groups -OCH3 is 1. The van der Waals surface area contributed by atoms with Gasteiger partial charge in [-0.3, -0.25) is 14.4 Å². The molecule has 2 fully saturated rings. The van der Waals surface area contributed by atoms with Gasteiger partial charge < -0.3 is 20.3 Å². The molecule has 2 aromatic rings. The number of hydrogen-bond donors (Lipinski definition) is 2. The fourth-order valence-electron chi connectivity index (χ4n) is 4.63. The molecule has 1 saturated carbocycles. The quantitative estimate of drug-likeness (QED) is 0.692. The van der Waals surface area contributed by atoms with E-state index in [-0.39, 0.29) is 35.9 Å². The van der Waals surface area contributed by atoms with Crippen LogP contribution in [0.5, 0.6) is 5.75 Å². The minimum atomic E-state index is -0.993. The monoisotopic (exact) mass is 473 g/mol. The number of ether oxygens (including phenoxy) is 1. The van der Waals surface area contributed by atoms with E-state index in [2.05, 4.69) is 10.6 Å². The molecule has 2 N–H and O–H groups in total. The van der Waals surface area contributed by atoms with Crippen molar-refractivity contribution < 1.29 is 23.5 Å². The van der Waals surface area contributed by atoms with Crippen LogP contribution in [0.4, 0.5) is 10.1 Å². The largest absolute Gasteiger partial charge is 0.495 e. The number of fused-ring (bicyclic) bond motifs is 1. The average molecular weight is 474 g/mol. The summed E-state index contributed by atoms with van der Waals surface area (Å²) in [6.45, 7) is 0. The molecule has 0 spiro atoms. The molecule has 174 valence electrons. The van der Waals surface area contributed by atoms with Crippen LogP contribution < -0.4 is 15.4 Å². The van der Waals surface area contributed by atoms with Crippen molar-refractivity contribution in [2.24, 2.45) is 0 Å². The molecular weight excluding hydrogens is 449 g/mol. The molecule has 3 amide bonds. The third-order valence-corrected chi connectivity index (χ3v) is 6.43. The number of halogens is 2. The Hall–Kier alpha value is -3.13. The number of anilines is 1. The Kier molecular flexibility index (Phi) is 6.83. The molecule has 2 aliphatic rings. The number of hydrogen-bond acceptors (Lipinski definition) is 4. The molecule has 1 heterocycles. The van der Waals surface area contributed by atoms with Crippen LogP contribution in [0.2, 0.25) is 5.02 Å². The maximum Gasteiger partial charge on any atom is 0.254 e. The highest BCUT2D eigenvalue weighted by Crippen LogP contribution is 2.32. The van der Waals surface area contributed by atoms with Crippen molar-refractivity contribution in [3.8, 4) is 5.75 Å². The van der Waals surface area contributed by atoms with Gasteiger partial charge in [-0.15, -0.1) is 0 Å². The summed E-state index contributed by atoms with van der Waals surface area (Å²) < 4.78 is 18.7. The molecule has 1 saturated heterocycles. The van der Waals surface area contributed by atoms with Gasteiger partial charge in [0.15, 0.2) is 0 Å². The first-order valence-electron chi connectivity index (χ1n) is 10.9. The summed E-state index contributed by atoms with van der Waals surface area (Å²) in [7, 11) is 1.47. The van der Waals surface area contributed by atoms with E-state index in [1.54, 1.807) is 18.2 Å². The standard InChI is InChI=1S/C24H25ClFN3O4/c1-33-21-11-8-15(25)12-18(21)27-22(30)13-20-23(31)28-17-4-2-3-5-19(17)29(20)24(32)14-6-9-16(26)10-7-14/h6-12,17,19-20H,2-5,13H2,1H3,(H,27,30)(H,28,31). The first-order chi connectivity index (χ1) is 15.9. The van der Waals surface area contributed by atoms with Gasteiger partial charge in [0.1, 0.15) is 17.6 Å². The molecule has 3 unspecified atom stereocenters. The lowest BCUT2D eigenvalue weighted by Gasteiger charge is -2.48. The lowest BCUT2D eigenvalue weighted by Crippen LogP contribution is -2.68. The van der Waals surface area contributed by atoms with Crippen LogP contribution in [-0.2, 0) is 9.59 Å². The predicted octanol–water partition coefficient (Wildman–Crippen LogP) is 3.77. The Morgan fingerprint density at radius 2 is 1.91 bits per heavy atom. The summed E-state index contributed by atoms with van der Waals surface area (Å²) in [5, 5.41) is 6.15. The Balaban J connectivity index is 1.60. The van der Waals surface area contributed by atoms with Gasteiger partial charge in [-0.05, 0) is 55.3 Å². The molecule has 4 rings (SSSR count). The van der Waals surface area contributed by atoms with E-state index in [1.165, 1.54) is 36.3 Å². The molecule has 1 aliphatic carbocycles. The van der Waals surface area contributed by atoms with Crippen molar-refractivity contribution >= 4 is 35.0 Å². The fourth-order valence-corrected chi connectivity index (χ4v) is 4.80. The van der Waals surface area contributed by atoms with Crippen LogP contribution in [0.3, 0.4) is 0 Å². The van der Waals surface area contributed by atoms with Crippen molar-refractivity contribution in [2.45, 2.75) is 50.2 Å². The van der Waals surface area contributed by atoms with E-state index in [1.807, 2.05) is 0 Å². The zero-order valence-corrected chi connectivity index (χ0v) is 18.9. The van der Waals surface area contributed by atoms with Crippen molar-refractivity contribution in [2.75, 3.05) is 12.4 Å². The maximum absolute atomic E-state index is 13.5. The number of nitrogens with zero attached hydrogens (tertiary/aromatic N) is 1. The number of piperazine rings is 1. The minimum absolute atomic E-state index is 0.164. The zero-order valence-electron chi connectivity index (χ0n) is 18.1. The molecule has 0 aromatic heterocycles. The van der Waals surface area contributed by atoms with E-state index >= 15 is 0 Å². The van der Waals surface area contributed by atoms with Crippen molar-refractivity contribution in [1.29, 1.82) is 0 Å². The SMILES string of the molecule is COc1ccc(Cl)cc1NC(=O)CC1C(=O)NC2CCCCC2N1C(=O)c1ccc(F)cc1. The van der Waals surface area contributed by atoms with Gasteiger partial charge in [-0.25, -0.2) is 4.39 Å². The zero-order chi connectivity index (χ0) is 23.5. The van der Waals surface area contributed by atoms with Crippen molar-refractivity contribution in [3.63, 3.8) is 0 Å². The van der Waals surface area contributed by atoms with Crippen LogP contribution in [0.1, 0.15) is 42.5 Å². The Morgan fingerprint density at radius 1 is 1.18 bits per heavy atom. The van der Waals surface area contributed by atoms with Crippen molar-refractivity contribution in [3.05, 3.63) is 58.9 Å². The lowest BCUT2D eigenvalue weighted by molar-refractivity contribution is -0.135. The smallest absolute Gasteiger partial charge is 0.254 e. The highest BCUT2D eigenvalue weighted by Gasteiger charge is 2.46. The molecular formula is C24H25ClFN3O4. The van der Waals surface area contributed by atoms with E-state index < -0.39 is 17.8 Å². The van der Waals surface area contributed by atoms with Gasteiger partial charge in [0.05, 0.1) is 25.3 Å².